The van der Waals surface area contributed by atoms with Gasteiger partial charge in [0.05, 0.1) is 12.0 Å². The second-order valence-corrected chi connectivity index (χ2v) is 9.74. The average molecular weight is 451 g/mol. The summed E-state index contributed by atoms with van der Waals surface area (Å²) in [6.45, 7) is 4.90. The third kappa shape index (κ3) is 3.83. The van der Waals surface area contributed by atoms with Gasteiger partial charge in [-0.25, -0.2) is 15.0 Å². The van der Waals surface area contributed by atoms with E-state index in [4.69, 9.17) is 4.98 Å². The molecule has 7 heteroatoms. The van der Waals surface area contributed by atoms with Crippen molar-refractivity contribution in [3.63, 3.8) is 0 Å². The van der Waals surface area contributed by atoms with Crippen molar-refractivity contribution in [1.29, 1.82) is 0 Å². The number of carbonyl (C=O) groups excluding carboxylic acids is 1. The van der Waals surface area contributed by atoms with Gasteiger partial charge in [0.1, 0.15) is 5.82 Å². The van der Waals surface area contributed by atoms with Crippen molar-refractivity contribution >= 4 is 17.4 Å². The average Bonchev–Trinajstić information content (AvgIpc) is 3.58. The Kier molecular flexibility index (Phi) is 4.72. The number of hydrogen-bond donors (Lipinski definition) is 2. The van der Waals surface area contributed by atoms with E-state index in [0.717, 1.165) is 28.1 Å². The highest BCUT2D eigenvalue weighted by molar-refractivity contribution is 5.98. The van der Waals surface area contributed by atoms with E-state index in [0.29, 0.717) is 24.1 Å². The first-order valence-electron chi connectivity index (χ1n) is 11.6. The van der Waals surface area contributed by atoms with Crippen molar-refractivity contribution in [3.8, 4) is 17.1 Å². The number of aromatic nitrogens is 4. The molecule has 1 aliphatic carbocycles. The normalized spacial score (nSPS) is 16.6. The predicted octanol–water partition coefficient (Wildman–Crippen LogP) is 4.97. The maximum Gasteiger partial charge on any atom is 0.251 e. The lowest BCUT2D eigenvalue weighted by Crippen LogP contribution is -2.43. The number of imidazole rings is 1. The first kappa shape index (κ1) is 20.6. The molecule has 1 amide bonds. The Labute approximate surface area is 198 Å². The van der Waals surface area contributed by atoms with E-state index in [2.05, 4.69) is 57.3 Å². The molecule has 0 radical (unpaired) electrons. The van der Waals surface area contributed by atoms with Crippen LogP contribution in [0, 0.1) is 0 Å². The minimum absolute atomic E-state index is 0.0203. The van der Waals surface area contributed by atoms with Crippen LogP contribution in [0.1, 0.15) is 54.2 Å². The van der Waals surface area contributed by atoms with Gasteiger partial charge in [0.15, 0.2) is 5.82 Å². The lowest BCUT2D eigenvalue weighted by Gasteiger charge is -2.32. The fourth-order valence-corrected chi connectivity index (χ4v) is 4.44. The molecule has 1 saturated carbocycles. The van der Waals surface area contributed by atoms with Gasteiger partial charge in [-0.05, 0) is 66.9 Å². The van der Waals surface area contributed by atoms with Gasteiger partial charge < -0.3 is 15.2 Å². The molecular formula is C27H26N6O. The van der Waals surface area contributed by atoms with Crippen molar-refractivity contribution in [1.82, 2.24) is 24.8 Å². The van der Waals surface area contributed by atoms with Crippen molar-refractivity contribution in [3.05, 3.63) is 84.1 Å². The summed E-state index contributed by atoms with van der Waals surface area (Å²) in [6.07, 6.45) is 8.25. The molecule has 2 N–H and O–H groups in total. The number of fused-ring (bicyclic) bond motifs is 1. The molecule has 2 aliphatic rings. The van der Waals surface area contributed by atoms with Crippen LogP contribution in [-0.2, 0) is 5.41 Å². The van der Waals surface area contributed by atoms with E-state index in [1.54, 1.807) is 6.20 Å². The summed E-state index contributed by atoms with van der Waals surface area (Å²) in [5.41, 5.74) is 5.72. The van der Waals surface area contributed by atoms with Crippen molar-refractivity contribution < 1.29 is 4.79 Å². The van der Waals surface area contributed by atoms with Crippen LogP contribution in [0.5, 0.6) is 0 Å². The number of carbonyl (C=O) groups is 1. The van der Waals surface area contributed by atoms with Gasteiger partial charge in [0.25, 0.3) is 5.91 Å². The predicted molar refractivity (Wildman–Crippen MR) is 132 cm³/mol. The smallest absolute Gasteiger partial charge is 0.251 e. The fraction of sp³-hybridized carbons (Fsp3) is 0.259. The van der Waals surface area contributed by atoms with Crippen LogP contribution in [0.15, 0.2) is 67.3 Å². The summed E-state index contributed by atoms with van der Waals surface area (Å²) in [7, 11) is 0. The molecule has 0 unspecified atom stereocenters. The van der Waals surface area contributed by atoms with Crippen LogP contribution in [0.3, 0.4) is 0 Å². The summed E-state index contributed by atoms with van der Waals surface area (Å²) in [5.74, 6) is 1.98. The van der Waals surface area contributed by atoms with Crippen LogP contribution in [0.25, 0.3) is 17.1 Å². The summed E-state index contributed by atoms with van der Waals surface area (Å²) in [6, 6.07) is 15.9. The number of anilines is 2. The van der Waals surface area contributed by atoms with Crippen LogP contribution in [0.4, 0.5) is 11.5 Å². The van der Waals surface area contributed by atoms with E-state index >= 15 is 0 Å². The molecule has 0 spiro atoms. The highest BCUT2D eigenvalue weighted by Crippen LogP contribution is 2.39. The molecule has 2 aromatic heterocycles. The molecule has 7 nitrogen and oxygen atoms in total. The zero-order valence-electron chi connectivity index (χ0n) is 19.2. The molecule has 6 rings (SSSR count). The van der Waals surface area contributed by atoms with Gasteiger partial charge in [-0.2, -0.15) is 0 Å². The lowest BCUT2D eigenvalue weighted by atomic mass is 9.79. The Morgan fingerprint density at radius 2 is 1.88 bits per heavy atom. The largest absolute Gasteiger partial charge is 0.351 e. The van der Waals surface area contributed by atoms with E-state index in [9.17, 15) is 4.79 Å². The Hall–Kier alpha value is -4.00. The molecule has 0 bridgehead atoms. The number of nitrogens with one attached hydrogen (secondary N) is 2. The molecule has 34 heavy (non-hydrogen) atoms. The number of hydrogen-bond acceptors (Lipinski definition) is 5. The summed E-state index contributed by atoms with van der Waals surface area (Å²) in [5, 5.41) is 6.34. The number of amides is 1. The molecule has 1 fully saturated rings. The van der Waals surface area contributed by atoms with Crippen molar-refractivity contribution in [2.24, 2.45) is 0 Å². The number of nitrogens with zero attached hydrogens (tertiary/aromatic N) is 4. The quantitative estimate of drug-likeness (QED) is 0.448. The van der Waals surface area contributed by atoms with Gasteiger partial charge in [0, 0.05) is 52.8 Å². The fourth-order valence-electron chi connectivity index (χ4n) is 4.44. The van der Waals surface area contributed by atoms with Gasteiger partial charge in [-0.3, -0.25) is 4.79 Å². The maximum absolute atomic E-state index is 12.2. The van der Waals surface area contributed by atoms with E-state index in [1.165, 1.54) is 18.5 Å². The topological polar surface area (TPSA) is 84.7 Å². The second kappa shape index (κ2) is 7.80. The zero-order valence-corrected chi connectivity index (χ0v) is 19.2. The SMILES string of the molecule is CC1(C)CNC(=O)c2ccc(Nc3ccnc(-c4ccc(-n5cnc(C6CC6)c5)cc4)n3)cc21. The van der Waals surface area contributed by atoms with Gasteiger partial charge in [0.2, 0.25) is 0 Å². The highest BCUT2D eigenvalue weighted by Gasteiger charge is 2.31. The van der Waals surface area contributed by atoms with Crippen LogP contribution >= 0.6 is 0 Å². The molecule has 3 heterocycles. The second-order valence-electron chi connectivity index (χ2n) is 9.74. The zero-order chi connectivity index (χ0) is 23.3. The van der Waals surface area contributed by atoms with Crippen LogP contribution < -0.4 is 10.6 Å². The first-order valence-corrected chi connectivity index (χ1v) is 11.6. The van der Waals surface area contributed by atoms with Gasteiger partial charge in [-0.1, -0.05) is 13.8 Å². The van der Waals surface area contributed by atoms with Gasteiger partial charge >= 0.3 is 0 Å². The minimum atomic E-state index is -0.131. The van der Waals surface area contributed by atoms with E-state index in [-0.39, 0.29) is 11.3 Å². The Balaban J connectivity index is 1.23. The van der Waals surface area contributed by atoms with Crippen molar-refractivity contribution in [2.75, 3.05) is 11.9 Å². The number of rotatable bonds is 5. The van der Waals surface area contributed by atoms with Crippen molar-refractivity contribution in [2.45, 2.75) is 38.0 Å². The highest BCUT2D eigenvalue weighted by atomic mass is 16.1. The third-order valence-corrected chi connectivity index (χ3v) is 6.63. The van der Waals surface area contributed by atoms with Crippen LogP contribution in [-0.4, -0.2) is 32.0 Å². The Morgan fingerprint density at radius 3 is 2.68 bits per heavy atom. The monoisotopic (exact) mass is 450 g/mol. The van der Waals surface area contributed by atoms with E-state index in [1.807, 2.05) is 42.7 Å². The standard InChI is InChI=1S/C27H26N6O/c1-27(2)15-29-26(34)21-10-7-19(13-22(21)27)31-24-11-12-28-25(32-24)18-5-8-20(9-6-18)33-14-23(30-16-33)17-3-4-17/h5-14,16-17H,3-4,15H2,1-2H3,(H,29,34)(H,28,31,32). The number of benzene rings is 2. The molecule has 4 aromatic rings. The van der Waals surface area contributed by atoms with Gasteiger partial charge in [-0.15, -0.1) is 0 Å². The van der Waals surface area contributed by atoms with E-state index < -0.39 is 0 Å². The lowest BCUT2D eigenvalue weighted by molar-refractivity contribution is 0.0930. The molecule has 170 valence electrons. The summed E-state index contributed by atoms with van der Waals surface area (Å²) in [4.78, 5) is 26.0. The maximum atomic E-state index is 12.2. The minimum Gasteiger partial charge on any atom is -0.351 e. The first-order chi connectivity index (χ1) is 16.5. The van der Waals surface area contributed by atoms with Crippen LogP contribution in [0.2, 0.25) is 0 Å². The Morgan fingerprint density at radius 1 is 1.06 bits per heavy atom. The molecule has 2 aromatic carbocycles. The third-order valence-electron chi connectivity index (χ3n) is 6.63. The summed E-state index contributed by atoms with van der Waals surface area (Å²) < 4.78 is 2.06. The molecule has 1 aliphatic heterocycles. The molecule has 0 saturated heterocycles. The molecule has 0 atom stereocenters. The molecular weight excluding hydrogens is 424 g/mol. The summed E-state index contributed by atoms with van der Waals surface area (Å²) >= 11 is 0. The Bertz CT molecular complexity index is 1380.